The van der Waals surface area contributed by atoms with Gasteiger partial charge in [-0.05, 0) is 135 Å². The number of aromatic nitrogens is 10. The number of carboxylic acids is 1. The zero-order valence-corrected chi connectivity index (χ0v) is 98.0. The van der Waals surface area contributed by atoms with Gasteiger partial charge in [0.05, 0.1) is 111 Å². The van der Waals surface area contributed by atoms with Gasteiger partial charge >= 0.3 is 131 Å². The number of esters is 4. The molecule has 1 aliphatic rings. The number of likely N-dealkylation sites (N-methyl/N-ethyl adjacent to an activating group) is 1. The summed E-state index contributed by atoms with van der Waals surface area (Å²) in [5, 5.41) is 71.0. The average Bonchev–Trinajstić information content (AvgIpc) is 1.58. The number of nitrogens with two attached hydrogens (primary N) is 2. The van der Waals surface area contributed by atoms with E-state index in [0.717, 1.165) is 127 Å². The number of carboxylic acid groups (broad SMARTS) is 1. The smallest absolute Gasteiger partial charge is 1.00 e. The number of aromatic hydroxyl groups is 1. The molecule has 3 radical (unpaired) electrons. The third-order valence-corrected chi connectivity index (χ3v) is 22.9. The minimum absolute atomic E-state index is 0. The van der Waals surface area contributed by atoms with Crippen molar-refractivity contribution in [3.8, 4) is 28.4 Å². The molecule has 147 heavy (non-hydrogen) atoms. The van der Waals surface area contributed by atoms with Gasteiger partial charge in [-0.2, -0.15) is 25.5 Å². The van der Waals surface area contributed by atoms with Crippen molar-refractivity contribution in [1.29, 1.82) is 0 Å². The van der Waals surface area contributed by atoms with Crippen LogP contribution in [0.2, 0.25) is 0 Å². The maximum absolute atomic E-state index is 15.1. The molecule has 0 bridgehead atoms. The van der Waals surface area contributed by atoms with Crippen LogP contribution in [0.3, 0.4) is 0 Å². The van der Waals surface area contributed by atoms with Gasteiger partial charge in [-0.3, -0.25) is 37.8 Å². The second kappa shape index (κ2) is 69.4. The number of carbonyl (C=O) groups is 6. The second-order valence-corrected chi connectivity index (χ2v) is 35.2. The van der Waals surface area contributed by atoms with E-state index in [2.05, 4.69) is 111 Å². The molecular weight excluding hydrogens is 2240 g/mol. The van der Waals surface area contributed by atoms with Crippen molar-refractivity contribution < 1.29 is 202 Å². The van der Waals surface area contributed by atoms with Crippen molar-refractivity contribution in [3.05, 3.63) is 286 Å². The van der Waals surface area contributed by atoms with Crippen molar-refractivity contribution in [2.45, 2.75) is 86.8 Å². The quantitative estimate of drug-likeness (QED) is 0.0131. The number of morpholine rings is 1. The monoisotopic (exact) mass is 2350 g/mol. The molecule has 6 heterocycles. The molecule has 5 aromatic heterocycles. The molecule has 1 aliphatic heterocycles. The maximum Gasteiger partial charge on any atom is 1.00 e. The minimum atomic E-state index is -1.78. The fourth-order valence-electron chi connectivity index (χ4n) is 13.5. The van der Waals surface area contributed by atoms with E-state index < -0.39 is 24.3 Å². The van der Waals surface area contributed by atoms with E-state index in [4.69, 9.17) is 71.8 Å². The van der Waals surface area contributed by atoms with Crippen molar-refractivity contribution in [2.24, 2.45) is 52.6 Å². The molecule has 11 N–H and O–H groups in total. The van der Waals surface area contributed by atoms with Crippen molar-refractivity contribution in [2.75, 3.05) is 66.9 Å². The molecule has 47 heteroatoms. The summed E-state index contributed by atoms with van der Waals surface area (Å²) in [6.45, 7) is 15.6. The number of phenols is 1. The van der Waals surface area contributed by atoms with E-state index in [1.54, 1.807) is 118 Å². The predicted octanol–water partition coefficient (Wildman–Crippen LogP) is 7.77. The van der Waals surface area contributed by atoms with Gasteiger partial charge in [-0.1, -0.05) is 169 Å². The Hall–Kier alpha value is -9.10. The summed E-state index contributed by atoms with van der Waals surface area (Å²) in [7, 11) is 10.9. The fraction of sp³-hybridized carbons (Fsp3) is 0.290. The van der Waals surface area contributed by atoms with Gasteiger partial charge in [0.2, 0.25) is 0 Å². The minimum Gasteiger partial charge on any atom is -1.00 e. The van der Waals surface area contributed by atoms with Crippen molar-refractivity contribution >= 4 is 199 Å². The van der Waals surface area contributed by atoms with Crippen molar-refractivity contribution in [1.82, 2.24) is 53.8 Å². The molecule has 0 aliphatic carbocycles. The summed E-state index contributed by atoms with van der Waals surface area (Å²) in [5.74, 6) is -1.37. The summed E-state index contributed by atoms with van der Waals surface area (Å²) in [4.78, 5) is 69.0. The molecule has 0 spiro atoms. The van der Waals surface area contributed by atoms with Gasteiger partial charge in [0, 0.05) is 196 Å². The van der Waals surface area contributed by atoms with E-state index in [0.29, 0.717) is 78.2 Å². The molecule has 16 rings (SSSR count). The molecule has 771 valence electrons. The first kappa shape index (κ1) is 136. The van der Waals surface area contributed by atoms with Gasteiger partial charge in [0.25, 0.3) is 0 Å². The summed E-state index contributed by atoms with van der Waals surface area (Å²) in [6.07, 6.45) is 9.97. The number of nitrogens with zero attached hydrogens (tertiary/aromatic N) is 11. The van der Waals surface area contributed by atoms with Gasteiger partial charge in [0.15, 0.2) is 0 Å². The number of aromatic carboxylic acids is 1. The van der Waals surface area contributed by atoms with E-state index >= 15 is 4.39 Å². The third kappa shape index (κ3) is 43.3. The summed E-state index contributed by atoms with van der Waals surface area (Å²) >= 11 is 18.6. The van der Waals surface area contributed by atoms with Crippen LogP contribution in [-0.4, -0.2) is 208 Å². The Bertz CT molecular complexity index is 6740. The van der Waals surface area contributed by atoms with Gasteiger partial charge in [-0.15, -0.1) is 12.4 Å². The molecule has 34 nitrogen and oxygen atoms in total. The topological polar surface area (TPSA) is 482 Å². The van der Waals surface area contributed by atoms with Crippen LogP contribution in [0.4, 0.5) is 13.6 Å². The number of phenolic OH excluding ortho intramolecular Hbond substituents is 1. The molecular formula is C100H115B2Br4Cl2F2N13Na3O21. The van der Waals surface area contributed by atoms with Crippen LogP contribution >= 0.6 is 87.7 Å². The number of methoxy groups -OCH3 is 1. The number of carbonyl (C=O) groups excluding carboxylic acids is 5. The number of rotatable bonds is 24. The van der Waals surface area contributed by atoms with Crippen LogP contribution in [0.5, 0.6) is 17.2 Å². The zero-order valence-electron chi connectivity index (χ0n) is 85.1. The number of para-hydroxylation sites is 3. The Labute approximate surface area is 965 Å². The third-order valence-electron chi connectivity index (χ3n) is 20.1. The van der Waals surface area contributed by atoms with Crippen LogP contribution in [0.15, 0.2) is 219 Å². The van der Waals surface area contributed by atoms with Crippen LogP contribution < -0.4 is 115 Å². The van der Waals surface area contributed by atoms with Crippen LogP contribution in [0, 0.1) is 17.6 Å². The van der Waals surface area contributed by atoms with Gasteiger partial charge < -0.3 is 92.0 Å². The standard InChI is InChI=1S/C26H26FN3O3.C19H19BrN2O3.C10H9BrN2O2.C10H12O3.C9H7BrN2O2.C9H9BrN2O.C7H9BFNO2.C5H9ClO2.C5H11NO.B.ClH.3Na.2H2O.H/c1-3-32-25(31)13-18-7-4-5-10-24(18)33-16-17-11-21(22-15-30(2)29-23(22)12-17)20-9-6-8-19(14-28)26(20)27;1-3-24-19(23)10-14-6-4-5-7-18(14)25-12-13-8-16(20)15-11-22(2)21-17(15)9-13;1-13-5-7-8(11)3-6(10(14)15-2)4-9(7)12-13;1-2-13-10(12)7-8-5-3-4-6-9(8)11;1-12-4-6-7(10)2-5(9(13)14)3-8(6)11-12;1-12-4-7-8(10)2-6(5-13)3-9(7)11-12;9-7-5(4-10)2-1-3-6(7)8(11)12;1-4(2)3-8-5(6)7;1-6-2-4-7-5-3-6;;;;;;;;/h4-12,15H,3,13-14,16,28H2,1-2H3;4-9,11H,3,10,12H2,1-2H3;3-5H,1-2H3;3-6,11H,2,7H2,1H3;2-4H,1H3,(H,13,14);2-4,13H,5H2,1H3;1-3,11-12H,4,10H2;4H,3H2,1-2H3;2-5H2,1H3;;1H;;;;2*1H2;/q;;;;;;;;;;;3*+1;;;-1/p-2. The van der Waals surface area contributed by atoms with Crippen LogP contribution in [0.1, 0.15) is 101 Å². The second-order valence-electron chi connectivity index (χ2n) is 31.5. The summed E-state index contributed by atoms with van der Waals surface area (Å²) < 4.78 is 81.4. The van der Waals surface area contributed by atoms with E-state index in [1.165, 1.54) is 25.3 Å². The van der Waals surface area contributed by atoms with E-state index in [1.807, 2.05) is 158 Å². The van der Waals surface area contributed by atoms with Crippen LogP contribution in [-0.2, 0) is 130 Å². The molecule has 0 amide bonds. The van der Waals surface area contributed by atoms with Gasteiger partial charge in [0.1, 0.15) is 42.1 Å². The Balaban J connectivity index is 0.00000169. The zero-order chi connectivity index (χ0) is 102. The number of aliphatic hydroxyl groups excluding tert-OH is 1. The Morgan fingerprint density at radius 2 is 0.850 bits per heavy atom. The number of ether oxygens (including phenoxy) is 8. The Kier molecular flexibility index (Phi) is 64.1. The predicted molar refractivity (Wildman–Crippen MR) is 565 cm³/mol. The molecule has 15 aromatic rings. The maximum atomic E-state index is 15.1. The fourth-order valence-corrected chi connectivity index (χ4v) is 15.9. The first-order valence-corrected chi connectivity index (χ1v) is 47.4. The number of fused-ring (bicyclic) bond motifs is 5. The molecule has 0 saturated carbocycles. The Morgan fingerprint density at radius 1 is 0.490 bits per heavy atom. The van der Waals surface area contributed by atoms with Crippen molar-refractivity contribution in [3.63, 3.8) is 0 Å². The largest absolute Gasteiger partial charge is 1.00 e. The normalized spacial score (nSPS) is 10.8. The first-order valence-electron chi connectivity index (χ1n) is 43.8. The summed E-state index contributed by atoms with van der Waals surface area (Å²) in [5.41, 5.74) is 21.6. The number of halogens is 8. The molecule has 10 aromatic carbocycles. The molecule has 1 fully saturated rings. The number of hydrogen-bond donors (Lipinski definition) is 7. The number of hydrogen-bond acceptors (Lipinski definition) is 28. The molecule has 0 atom stereocenters. The SMILES string of the molecule is CC(C)COC(=O)Cl.CCOC(=O)Cc1ccccc1O.CCOC(=O)Cc1ccccc1OCc1cc(-c2cccc(CN)c2F)c2cn(C)nc2c1.CCOC(=O)Cc1ccccc1OCc1cc(Br)c2cn(C)nc2c1.CN1CCOCC1.COC(=O)c1cc(Br)c2cn(C)nc2c1.Cl.Cn1cc2c(Br)cc(C(=O)O)cc2n1.Cn1cc2c(Br)cc(CO)cc2n1.NCc1cccc(B(O)O)c1F.[B].[H-].[Na+].[Na+].[Na+].[OH-].[OH-]. The number of aryl methyl sites for hydroxylation is 5. The first-order chi connectivity index (χ1) is 66.9. The molecule has 1 saturated heterocycles. The number of benzene rings is 10. The molecule has 0 unspecified atom stereocenters. The van der Waals surface area contributed by atoms with E-state index in [-0.39, 0.29) is 219 Å². The number of aliphatic hydroxyl groups is 1. The Morgan fingerprint density at radius 3 is 1.24 bits per heavy atom. The van der Waals surface area contributed by atoms with E-state index in [9.17, 15) is 38.3 Å². The van der Waals surface area contributed by atoms with Gasteiger partial charge in [-0.25, -0.2) is 23.2 Å². The average molecular weight is 2350 g/mol. The van der Waals surface area contributed by atoms with Crippen LogP contribution in [0.25, 0.3) is 65.6 Å². The summed E-state index contributed by atoms with van der Waals surface area (Å²) in [6, 6.07) is 49.4.